The highest BCUT2D eigenvalue weighted by molar-refractivity contribution is 5.81. The minimum Gasteiger partial charge on any atom is -0.352 e. The third-order valence-electron chi connectivity index (χ3n) is 2.65. The molecule has 116 valence electrons. The molecule has 0 spiro atoms. The van der Waals surface area contributed by atoms with Gasteiger partial charge in [0.1, 0.15) is 11.6 Å². The Kier molecular flexibility index (Phi) is 5.85. The Hall–Kier alpha value is -2.42. The molecule has 0 fully saturated rings. The molecule has 0 saturated carbocycles. The number of nitrogens with two attached hydrogens (primary N) is 1. The third-order valence-corrected chi connectivity index (χ3v) is 2.65. The van der Waals surface area contributed by atoms with Crippen molar-refractivity contribution >= 4 is 23.2 Å². The number of carbonyl (C=O) groups is 1. The van der Waals surface area contributed by atoms with Gasteiger partial charge in [0.2, 0.25) is 5.91 Å². The van der Waals surface area contributed by atoms with Crippen molar-refractivity contribution in [2.24, 2.45) is 5.84 Å². The second kappa shape index (κ2) is 7.39. The zero-order valence-electron chi connectivity index (χ0n) is 12.3. The summed E-state index contributed by atoms with van der Waals surface area (Å²) >= 11 is 0. The number of amides is 1. The first kappa shape index (κ1) is 16.6. The van der Waals surface area contributed by atoms with Crippen LogP contribution in [-0.4, -0.2) is 34.9 Å². The largest absolute Gasteiger partial charge is 0.352 e. The number of hydrogen-bond acceptors (Lipinski definition) is 7. The summed E-state index contributed by atoms with van der Waals surface area (Å²) in [5.41, 5.74) is 2.14. The number of hydrazine groups is 1. The van der Waals surface area contributed by atoms with Crippen molar-refractivity contribution in [2.45, 2.75) is 26.8 Å². The molecule has 0 atom stereocenters. The van der Waals surface area contributed by atoms with Crippen molar-refractivity contribution in [3.63, 3.8) is 0 Å². The first-order chi connectivity index (χ1) is 9.87. The molecule has 9 nitrogen and oxygen atoms in total. The number of carbonyl (C=O) groups excluding carboxylic acids is 1. The number of likely N-dealkylation sites (N-methyl/N-ethyl adjacent to an activating group) is 1. The number of aromatic nitrogens is 1. The quantitative estimate of drug-likeness (QED) is 0.382. The number of anilines is 2. The minimum absolute atomic E-state index is 0.0237. The minimum atomic E-state index is -0.534. The Morgan fingerprint density at radius 1 is 1.52 bits per heavy atom. The van der Waals surface area contributed by atoms with E-state index in [0.717, 1.165) is 0 Å². The van der Waals surface area contributed by atoms with Gasteiger partial charge in [0.15, 0.2) is 0 Å². The SMILES string of the molecule is CCN(CC(=O)NC(C)C)c1cc([N+](=O)[O-])cc(NN)n1. The van der Waals surface area contributed by atoms with Crippen LogP contribution in [0, 0.1) is 10.1 Å². The van der Waals surface area contributed by atoms with Gasteiger partial charge in [-0.3, -0.25) is 14.9 Å². The Labute approximate surface area is 122 Å². The topological polar surface area (TPSA) is 126 Å². The van der Waals surface area contributed by atoms with E-state index >= 15 is 0 Å². The van der Waals surface area contributed by atoms with E-state index in [0.29, 0.717) is 12.4 Å². The summed E-state index contributed by atoms with van der Waals surface area (Å²) in [5, 5.41) is 13.7. The van der Waals surface area contributed by atoms with Crippen LogP contribution >= 0.6 is 0 Å². The fraction of sp³-hybridized carbons (Fsp3) is 0.500. The highest BCUT2D eigenvalue weighted by Gasteiger charge is 2.17. The second-order valence-corrected chi connectivity index (χ2v) is 4.71. The van der Waals surface area contributed by atoms with E-state index in [1.165, 1.54) is 12.1 Å². The van der Waals surface area contributed by atoms with Gasteiger partial charge in [0, 0.05) is 12.6 Å². The van der Waals surface area contributed by atoms with Crippen LogP contribution < -0.4 is 21.5 Å². The first-order valence-corrected chi connectivity index (χ1v) is 6.54. The maximum Gasteiger partial charge on any atom is 0.276 e. The number of nitrogens with zero attached hydrogens (tertiary/aromatic N) is 3. The van der Waals surface area contributed by atoms with Crippen LogP contribution in [0.4, 0.5) is 17.3 Å². The number of rotatable bonds is 7. The van der Waals surface area contributed by atoms with E-state index in [1.54, 1.807) is 4.90 Å². The van der Waals surface area contributed by atoms with Crippen molar-refractivity contribution in [1.29, 1.82) is 0 Å². The highest BCUT2D eigenvalue weighted by Crippen LogP contribution is 2.22. The standard InChI is InChI=1S/C12H20N6O3/c1-4-17(7-12(19)14-8(2)3)11-6-9(18(20)21)5-10(15-11)16-13/h5-6,8H,4,7,13H2,1-3H3,(H,14,19)(H,15,16). The first-order valence-electron chi connectivity index (χ1n) is 6.54. The van der Waals surface area contributed by atoms with Gasteiger partial charge in [-0.15, -0.1) is 0 Å². The molecule has 0 unspecified atom stereocenters. The fourth-order valence-electron chi connectivity index (χ4n) is 1.74. The summed E-state index contributed by atoms with van der Waals surface area (Å²) in [5.74, 6) is 5.57. The predicted octanol–water partition coefficient (Wildman–Crippen LogP) is 0.626. The fourth-order valence-corrected chi connectivity index (χ4v) is 1.74. The van der Waals surface area contributed by atoms with Gasteiger partial charge < -0.3 is 15.6 Å². The molecular weight excluding hydrogens is 276 g/mol. The van der Waals surface area contributed by atoms with Gasteiger partial charge in [0.05, 0.1) is 23.6 Å². The van der Waals surface area contributed by atoms with Gasteiger partial charge in [-0.2, -0.15) is 0 Å². The third kappa shape index (κ3) is 4.88. The Morgan fingerprint density at radius 2 is 2.19 bits per heavy atom. The second-order valence-electron chi connectivity index (χ2n) is 4.71. The lowest BCUT2D eigenvalue weighted by Gasteiger charge is -2.22. The molecule has 0 saturated heterocycles. The Bertz CT molecular complexity index is 520. The van der Waals surface area contributed by atoms with Crippen LogP contribution in [0.2, 0.25) is 0 Å². The molecule has 1 heterocycles. The van der Waals surface area contributed by atoms with Crippen LogP contribution in [0.3, 0.4) is 0 Å². The molecule has 1 rings (SSSR count). The van der Waals surface area contributed by atoms with Crippen molar-refractivity contribution in [3.8, 4) is 0 Å². The van der Waals surface area contributed by atoms with Gasteiger partial charge in [0.25, 0.3) is 5.69 Å². The van der Waals surface area contributed by atoms with Gasteiger partial charge in [-0.1, -0.05) is 0 Å². The lowest BCUT2D eigenvalue weighted by molar-refractivity contribution is -0.384. The molecule has 21 heavy (non-hydrogen) atoms. The number of pyridine rings is 1. The molecule has 1 amide bonds. The van der Waals surface area contributed by atoms with Crippen LogP contribution in [-0.2, 0) is 4.79 Å². The zero-order chi connectivity index (χ0) is 16.0. The molecule has 0 aromatic carbocycles. The number of nitrogens with one attached hydrogen (secondary N) is 2. The molecule has 0 aliphatic rings. The molecule has 0 aliphatic heterocycles. The molecule has 0 aliphatic carbocycles. The lowest BCUT2D eigenvalue weighted by Crippen LogP contribution is -2.40. The average Bonchev–Trinajstić information content (AvgIpc) is 2.43. The van der Waals surface area contributed by atoms with Crippen molar-refractivity contribution in [3.05, 3.63) is 22.2 Å². The van der Waals surface area contributed by atoms with Crippen LogP contribution in [0.1, 0.15) is 20.8 Å². The summed E-state index contributed by atoms with van der Waals surface area (Å²) in [6.07, 6.45) is 0. The van der Waals surface area contributed by atoms with E-state index in [-0.39, 0.29) is 30.0 Å². The molecule has 4 N–H and O–H groups in total. The van der Waals surface area contributed by atoms with Gasteiger partial charge >= 0.3 is 0 Å². The van der Waals surface area contributed by atoms with E-state index in [1.807, 2.05) is 20.8 Å². The average molecular weight is 296 g/mol. The van der Waals surface area contributed by atoms with E-state index in [9.17, 15) is 14.9 Å². The molecular formula is C12H20N6O3. The normalized spacial score (nSPS) is 10.3. The summed E-state index contributed by atoms with van der Waals surface area (Å²) in [6, 6.07) is 2.56. The lowest BCUT2D eigenvalue weighted by atomic mass is 10.3. The van der Waals surface area contributed by atoms with Gasteiger partial charge in [-0.05, 0) is 20.8 Å². The van der Waals surface area contributed by atoms with E-state index < -0.39 is 4.92 Å². The molecule has 9 heteroatoms. The summed E-state index contributed by atoms with van der Waals surface area (Å²) in [6.45, 7) is 6.09. The van der Waals surface area contributed by atoms with Crippen molar-refractivity contribution in [2.75, 3.05) is 23.4 Å². The maximum absolute atomic E-state index is 11.8. The number of nitrogen functional groups attached to an aromatic ring is 1. The highest BCUT2D eigenvalue weighted by atomic mass is 16.6. The number of hydrogen-bond donors (Lipinski definition) is 3. The summed E-state index contributed by atoms with van der Waals surface area (Å²) in [7, 11) is 0. The zero-order valence-corrected chi connectivity index (χ0v) is 12.3. The van der Waals surface area contributed by atoms with E-state index in [4.69, 9.17) is 5.84 Å². The Balaban J connectivity index is 3.01. The molecule has 1 aromatic rings. The molecule has 1 aromatic heterocycles. The van der Waals surface area contributed by atoms with Gasteiger partial charge in [-0.25, -0.2) is 10.8 Å². The number of nitro groups is 1. The monoisotopic (exact) mass is 296 g/mol. The molecule has 0 radical (unpaired) electrons. The van der Waals surface area contributed by atoms with Crippen LogP contribution in [0.5, 0.6) is 0 Å². The summed E-state index contributed by atoms with van der Waals surface area (Å²) in [4.78, 5) is 28.0. The maximum atomic E-state index is 11.8. The Morgan fingerprint density at radius 3 is 2.67 bits per heavy atom. The smallest absolute Gasteiger partial charge is 0.276 e. The van der Waals surface area contributed by atoms with Crippen LogP contribution in [0.25, 0.3) is 0 Å². The summed E-state index contributed by atoms with van der Waals surface area (Å²) < 4.78 is 0. The molecule has 0 bridgehead atoms. The van der Waals surface area contributed by atoms with Crippen molar-refractivity contribution < 1.29 is 9.72 Å². The van der Waals surface area contributed by atoms with Crippen LogP contribution in [0.15, 0.2) is 12.1 Å². The van der Waals surface area contributed by atoms with Crippen molar-refractivity contribution in [1.82, 2.24) is 10.3 Å². The van der Waals surface area contributed by atoms with E-state index in [2.05, 4.69) is 15.7 Å². The predicted molar refractivity (Wildman–Crippen MR) is 79.9 cm³/mol.